The molecule has 2 aliphatic rings. The van der Waals surface area contributed by atoms with Crippen molar-refractivity contribution < 1.29 is 14.3 Å². The quantitative estimate of drug-likeness (QED) is 0.856. The number of nitrogens with zero attached hydrogens (tertiary/aromatic N) is 2. The van der Waals surface area contributed by atoms with Gasteiger partial charge >= 0.3 is 0 Å². The average Bonchev–Trinajstić information content (AvgIpc) is 3.15. The highest BCUT2D eigenvalue weighted by atomic mass is 16.5. The van der Waals surface area contributed by atoms with E-state index in [1.165, 1.54) is 45.2 Å². The first-order valence-corrected chi connectivity index (χ1v) is 10.3. The molecule has 28 heavy (non-hydrogen) atoms. The van der Waals surface area contributed by atoms with Gasteiger partial charge < -0.3 is 24.3 Å². The topological polar surface area (TPSA) is 57.8 Å². The third kappa shape index (κ3) is 3.58. The first-order valence-electron chi connectivity index (χ1n) is 10.3. The Labute approximate surface area is 166 Å². The SMILES string of the molecule is COc1cc2cc(C(=O)N(C)C[C@@H]3CCCN4CCCC[C@H]34)[nH]c2cc1OC. The molecule has 2 fully saturated rings. The number of amides is 1. The predicted molar refractivity (Wildman–Crippen MR) is 110 cm³/mol. The Morgan fingerprint density at radius 2 is 1.86 bits per heavy atom. The molecule has 2 saturated heterocycles. The molecule has 1 N–H and O–H groups in total. The molecular formula is C22H31N3O3. The van der Waals surface area contributed by atoms with Crippen molar-refractivity contribution in [2.24, 2.45) is 5.92 Å². The Hall–Kier alpha value is -2.21. The van der Waals surface area contributed by atoms with Crippen molar-refractivity contribution in [3.63, 3.8) is 0 Å². The zero-order chi connectivity index (χ0) is 19.7. The van der Waals surface area contributed by atoms with Gasteiger partial charge in [-0.1, -0.05) is 6.42 Å². The monoisotopic (exact) mass is 385 g/mol. The molecule has 1 aromatic heterocycles. The van der Waals surface area contributed by atoms with Gasteiger partial charge in [-0.3, -0.25) is 4.79 Å². The van der Waals surface area contributed by atoms with E-state index in [9.17, 15) is 4.79 Å². The fraction of sp³-hybridized carbons (Fsp3) is 0.591. The van der Waals surface area contributed by atoms with Crippen LogP contribution < -0.4 is 9.47 Å². The lowest BCUT2D eigenvalue weighted by molar-refractivity contribution is 0.0401. The zero-order valence-corrected chi connectivity index (χ0v) is 17.2. The molecule has 0 spiro atoms. The van der Waals surface area contributed by atoms with E-state index in [4.69, 9.17) is 9.47 Å². The first kappa shape index (κ1) is 19.1. The summed E-state index contributed by atoms with van der Waals surface area (Å²) in [5.74, 6) is 1.94. The van der Waals surface area contributed by atoms with Crippen LogP contribution in [0.3, 0.4) is 0 Å². The summed E-state index contributed by atoms with van der Waals surface area (Å²) in [6.45, 7) is 3.27. The standard InChI is InChI=1S/C22H31N3O3/c1-24(14-15-7-6-10-25-9-5-4-8-19(15)25)22(26)18-11-16-12-20(27-2)21(28-3)13-17(16)23-18/h11-13,15,19,23H,4-10,14H2,1-3H3/t15-,19+/m0/s1. The molecule has 1 aromatic carbocycles. The highest BCUT2D eigenvalue weighted by Gasteiger charge is 2.34. The molecule has 2 atom stereocenters. The molecule has 4 rings (SSSR count). The van der Waals surface area contributed by atoms with E-state index in [1.54, 1.807) is 14.2 Å². The molecule has 152 valence electrons. The van der Waals surface area contributed by atoms with Crippen molar-refractivity contribution in [1.29, 1.82) is 0 Å². The minimum atomic E-state index is 0.0436. The first-order chi connectivity index (χ1) is 13.6. The van der Waals surface area contributed by atoms with Crippen LogP contribution in [0.2, 0.25) is 0 Å². The second-order valence-electron chi connectivity index (χ2n) is 8.16. The number of hydrogen-bond acceptors (Lipinski definition) is 4. The Morgan fingerprint density at radius 1 is 1.11 bits per heavy atom. The van der Waals surface area contributed by atoms with Crippen LogP contribution in [0.25, 0.3) is 10.9 Å². The number of H-pyrrole nitrogens is 1. The van der Waals surface area contributed by atoms with Gasteiger partial charge in [0.05, 0.1) is 14.2 Å². The van der Waals surface area contributed by atoms with Crippen LogP contribution >= 0.6 is 0 Å². The van der Waals surface area contributed by atoms with Crippen molar-refractivity contribution >= 4 is 16.8 Å². The van der Waals surface area contributed by atoms with Crippen molar-refractivity contribution in [3.05, 3.63) is 23.9 Å². The third-order valence-corrected chi connectivity index (χ3v) is 6.44. The molecular weight excluding hydrogens is 354 g/mol. The number of piperidine rings is 2. The maximum absolute atomic E-state index is 13.1. The number of ether oxygens (including phenoxy) is 2. The summed E-state index contributed by atoms with van der Waals surface area (Å²) in [6.07, 6.45) is 6.38. The Bertz CT molecular complexity index is 804. The van der Waals surface area contributed by atoms with Gasteiger partial charge in [-0.25, -0.2) is 0 Å². The summed E-state index contributed by atoms with van der Waals surface area (Å²) in [5.41, 5.74) is 1.50. The molecule has 2 aromatic rings. The molecule has 6 heteroatoms. The number of rotatable bonds is 5. The van der Waals surface area contributed by atoms with Gasteiger partial charge in [-0.05, 0) is 56.8 Å². The predicted octanol–water partition coefficient (Wildman–Crippen LogP) is 3.52. The van der Waals surface area contributed by atoms with E-state index in [0.717, 1.165) is 17.4 Å². The number of carbonyl (C=O) groups is 1. The van der Waals surface area contributed by atoms with E-state index in [0.29, 0.717) is 29.2 Å². The van der Waals surface area contributed by atoms with Crippen molar-refractivity contribution in [1.82, 2.24) is 14.8 Å². The molecule has 6 nitrogen and oxygen atoms in total. The summed E-state index contributed by atoms with van der Waals surface area (Å²) in [7, 11) is 5.16. The number of carbonyl (C=O) groups excluding carboxylic acids is 1. The number of aromatic amines is 1. The van der Waals surface area contributed by atoms with Gasteiger partial charge in [0, 0.05) is 36.6 Å². The zero-order valence-electron chi connectivity index (χ0n) is 17.2. The van der Waals surface area contributed by atoms with Crippen molar-refractivity contribution in [2.45, 2.75) is 38.1 Å². The lowest BCUT2D eigenvalue weighted by atomic mass is 9.83. The Morgan fingerprint density at radius 3 is 2.64 bits per heavy atom. The van der Waals surface area contributed by atoms with E-state index >= 15 is 0 Å². The van der Waals surface area contributed by atoms with Crippen LogP contribution in [0.5, 0.6) is 11.5 Å². The number of aromatic nitrogens is 1. The Balaban J connectivity index is 1.50. The maximum Gasteiger partial charge on any atom is 0.270 e. The van der Waals surface area contributed by atoms with Gasteiger partial charge in [0.2, 0.25) is 0 Å². The second kappa shape index (κ2) is 8.03. The molecule has 0 aliphatic carbocycles. The molecule has 0 bridgehead atoms. The lowest BCUT2D eigenvalue weighted by Crippen LogP contribution is -2.51. The van der Waals surface area contributed by atoms with Crippen molar-refractivity contribution in [2.75, 3.05) is 40.9 Å². The lowest BCUT2D eigenvalue weighted by Gasteiger charge is -2.45. The summed E-state index contributed by atoms with van der Waals surface area (Å²) in [5, 5.41) is 0.950. The minimum Gasteiger partial charge on any atom is -0.493 e. The third-order valence-electron chi connectivity index (χ3n) is 6.44. The summed E-state index contributed by atoms with van der Waals surface area (Å²) in [6, 6.07) is 6.34. The van der Waals surface area contributed by atoms with Gasteiger partial charge in [0.25, 0.3) is 5.91 Å². The van der Waals surface area contributed by atoms with Crippen LogP contribution in [-0.2, 0) is 0 Å². The van der Waals surface area contributed by atoms with E-state index in [2.05, 4.69) is 9.88 Å². The Kier molecular flexibility index (Phi) is 5.49. The number of fused-ring (bicyclic) bond motifs is 2. The number of benzene rings is 1. The second-order valence-corrected chi connectivity index (χ2v) is 8.16. The molecule has 1 amide bonds. The molecule has 3 heterocycles. The number of methoxy groups -OCH3 is 2. The van der Waals surface area contributed by atoms with Crippen LogP contribution in [0, 0.1) is 5.92 Å². The normalized spacial score (nSPS) is 22.7. The van der Waals surface area contributed by atoms with Crippen LogP contribution in [0.1, 0.15) is 42.6 Å². The highest BCUT2D eigenvalue weighted by molar-refractivity contribution is 5.98. The van der Waals surface area contributed by atoms with Gasteiger partial charge in [-0.2, -0.15) is 0 Å². The van der Waals surface area contributed by atoms with Crippen LogP contribution in [0.15, 0.2) is 18.2 Å². The van der Waals surface area contributed by atoms with Crippen LogP contribution in [-0.4, -0.2) is 67.6 Å². The molecule has 0 radical (unpaired) electrons. The number of hydrogen-bond donors (Lipinski definition) is 1. The van der Waals surface area contributed by atoms with E-state index < -0.39 is 0 Å². The average molecular weight is 386 g/mol. The minimum absolute atomic E-state index is 0.0436. The van der Waals surface area contributed by atoms with Crippen molar-refractivity contribution in [3.8, 4) is 11.5 Å². The summed E-state index contributed by atoms with van der Waals surface area (Å²) < 4.78 is 10.7. The maximum atomic E-state index is 13.1. The largest absolute Gasteiger partial charge is 0.493 e. The van der Waals surface area contributed by atoms with Gasteiger partial charge in [-0.15, -0.1) is 0 Å². The highest BCUT2D eigenvalue weighted by Crippen LogP contribution is 2.33. The molecule has 0 unspecified atom stereocenters. The number of nitrogens with one attached hydrogen (secondary N) is 1. The fourth-order valence-corrected chi connectivity index (χ4v) is 5.00. The molecule has 2 aliphatic heterocycles. The van der Waals surface area contributed by atoms with Gasteiger partial charge in [0.15, 0.2) is 11.5 Å². The fourth-order valence-electron chi connectivity index (χ4n) is 5.00. The van der Waals surface area contributed by atoms with Gasteiger partial charge in [0.1, 0.15) is 5.69 Å². The summed E-state index contributed by atoms with van der Waals surface area (Å²) in [4.78, 5) is 20.9. The van der Waals surface area contributed by atoms with E-state index in [1.807, 2.05) is 30.1 Å². The molecule has 0 saturated carbocycles. The summed E-state index contributed by atoms with van der Waals surface area (Å²) >= 11 is 0. The van der Waals surface area contributed by atoms with Crippen LogP contribution in [0.4, 0.5) is 0 Å². The van der Waals surface area contributed by atoms with E-state index in [-0.39, 0.29) is 5.91 Å². The smallest absolute Gasteiger partial charge is 0.270 e.